The number of nitriles is 1. The molecule has 1 aromatic carbocycles. The fourth-order valence-electron chi connectivity index (χ4n) is 4.01. The number of halogens is 1. The fourth-order valence-corrected chi connectivity index (χ4v) is 4.01. The minimum Gasteiger partial charge on any atom is -0.444 e. The Kier molecular flexibility index (Phi) is 6.52. The maximum Gasteiger partial charge on any atom is 0.411 e. The number of benzene rings is 1. The Morgan fingerprint density at radius 3 is 2.66 bits per heavy atom. The summed E-state index contributed by atoms with van der Waals surface area (Å²) in [6.07, 6.45) is 0.802. The maximum atomic E-state index is 14.4. The number of ether oxygens (including phenoxy) is 1. The number of carbonyl (C=O) groups is 2. The third kappa shape index (κ3) is 5.07. The molecule has 172 valence electrons. The Morgan fingerprint density at radius 2 is 2.06 bits per heavy atom. The largest absolute Gasteiger partial charge is 0.444 e. The van der Waals surface area contributed by atoms with Gasteiger partial charge in [-0.2, -0.15) is 5.26 Å². The van der Waals surface area contributed by atoms with E-state index in [1.807, 2.05) is 0 Å². The highest BCUT2D eigenvalue weighted by molar-refractivity contribution is 5.87. The molecule has 3 atom stereocenters. The predicted octanol–water partition coefficient (Wildman–Crippen LogP) is 3.04. The van der Waals surface area contributed by atoms with Crippen molar-refractivity contribution in [2.45, 2.75) is 63.8 Å². The third-order valence-electron chi connectivity index (χ3n) is 5.42. The molecule has 1 N–H and O–H groups in total. The first kappa shape index (κ1) is 23.2. The van der Waals surface area contributed by atoms with Gasteiger partial charge in [0, 0.05) is 25.2 Å². The zero-order chi connectivity index (χ0) is 23.6. The molecule has 0 bridgehead atoms. The predicted molar refractivity (Wildman–Crippen MR) is 112 cm³/mol. The molecule has 2 heterocycles. The Morgan fingerprint density at radius 1 is 1.34 bits per heavy atom. The third-order valence-corrected chi connectivity index (χ3v) is 5.42. The van der Waals surface area contributed by atoms with E-state index in [9.17, 15) is 29.4 Å². The number of rotatable bonds is 4. The van der Waals surface area contributed by atoms with Crippen LogP contribution < -0.4 is 5.32 Å². The van der Waals surface area contributed by atoms with Crippen molar-refractivity contribution in [3.63, 3.8) is 0 Å². The molecule has 0 radical (unpaired) electrons. The molecule has 0 aromatic heterocycles. The van der Waals surface area contributed by atoms with E-state index in [0.717, 1.165) is 6.07 Å². The second kappa shape index (κ2) is 8.98. The molecular formula is C21H26FN5O5. The highest BCUT2D eigenvalue weighted by atomic mass is 19.1. The SMILES string of the molecule is CC(C)(C)OC(=O)N1C[C@@H](Nc2ccc([N+](=O)[O-])cc2F)C[C@H]1C(=O)N1CCC[C@H]1C#N. The standard InChI is InChI=1S/C21H26FN5O5/c1-21(2,3)32-20(29)26-12-13(24-17-7-6-14(27(30)31)10-16(17)22)9-18(26)19(28)25-8-4-5-15(25)11-23/h6-7,10,13,15,18,24H,4-5,8-9,12H2,1-3H3/t13-,15-,18-/m0/s1. The average molecular weight is 447 g/mol. The van der Waals surface area contributed by atoms with Crippen molar-refractivity contribution < 1.29 is 23.6 Å². The first-order valence-corrected chi connectivity index (χ1v) is 10.4. The van der Waals surface area contributed by atoms with Crippen LogP contribution in [-0.2, 0) is 9.53 Å². The van der Waals surface area contributed by atoms with Gasteiger partial charge in [0.2, 0.25) is 5.91 Å². The first-order valence-electron chi connectivity index (χ1n) is 10.4. The Labute approximate surface area is 185 Å². The molecule has 0 saturated carbocycles. The highest BCUT2D eigenvalue weighted by Gasteiger charge is 2.45. The second-order valence-electron chi connectivity index (χ2n) is 8.97. The lowest BCUT2D eigenvalue weighted by atomic mass is 10.1. The average Bonchev–Trinajstić information content (AvgIpc) is 3.34. The van der Waals surface area contributed by atoms with Crippen molar-refractivity contribution in [1.29, 1.82) is 5.26 Å². The number of nitrogens with one attached hydrogen (secondary N) is 1. The van der Waals surface area contributed by atoms with E-state index in [1.54, 1.807) is 20.8 Å². The molecule has 2 saturated heterocycles. The van der Waals surface area contributed by atoms with E-state index in [0.29, 0.717) is 19.4 Å². The van der Waals surface area contributed by atoms with Crippen molar-refractivity contribution in [2.75, 3.05) is 18.4 Å². The van der Waals surface area contributed by atoms with Crippen LogP contribution in [0, 0.1) is 27.3 Å². The topological polar surface area (TPSA) is 129 Å². The summed E-state index contributed by atoms with van der Waals surface area (Å²) in [7, 11) is 0. The normalized spacial score (nSPS) is 23.0. The molecule has 0 spiro atoms. The number of nitro groups is 1. The van der Waals surface area contributed by atoms with Gasteiger partial charge in [-0.05, 0) is 46.1 Å². The van der Waals surface area contributed by atoms with Gasteiger partial charge in [0.15, 0.2) is 5.82 Å². The summed E-state index contributed by atoms with van der Waals surface area (Å²) in [4.78, 5) is 39.0. The van der Waals surface area contributed by atoms with Gasteiger partial charge in [-0.15, -0.1) is 0 Å². The van der Waals surface area contributed by atoms with E-state index in [2.05, 4.69) is 11.4 Å². The summed E-state index contributed by atoms with van der Waals surface area (Å²) >= 11 is 0. The first-order chi connectivity index (χ1) is 15.0. The van der Waals surface area contributed by atoms with Crippen molar-refractivity contribution in [3.05, 3.63) is 34.1 Å². The molecule has 2 aliphatic rings. The summed E-state index contributed by atoms with van der Waals surface area (Å²) < 4.78 is 19.8. The van der Waals surface area contributed by atoms with Gasteiger partial charge in [0.25, 0.3) is 5.69 Å². The molecule has 1 aromatic rings. The molecule has 32 heavy (non-hydrogen) atoms. The summed E-state index contributed by atoms with van der Waals surface area (Å²) in [5, 5.41) is 23.1. The van der Waals surface area contributed by atoms with Crippen LogP contribution in [0.5, 0.6) is 0 Å². The van der Waals surface area contributed by atoms with Crippen LogP contribution in [-0.4, -0.2) is 63.5 Å². The summed E-state index contributed by atoms with van der Waals surface area (Å²) in [6.45, 7) is 5.65. The number of nitro benzene ring substituents is 1. The van der Waals surface area contributed by atoms with Crippen LogP contribution in [0.4, 0.5) is 20.6 Å². The monoisotopic (exact) mass is 447 g/mol. The van der Waals surface area contributed by atoms with Gasteiger partial charge in [-0.3, -0.25) is 19.8 Å². The van der Waals surface area contributed by atoms with Crippen LogP contribution in [0.2, 0.25) is 0 Å². The molecular weight excluding hydrogens is 421 g/mol. The number of nitrogens with zero attached hydrogens (tertiary/aromatic N) is 4. The summed E-state index contributed by atoms with van der Waals surface area (Å²) in [6, 6.07) is 3.48. The number of anilines is 1. The Balaban J connectivity index is 1.81. The van der Waals surface area contributed by atoms with Crippen LogP contribution in [0.1, 0.15) is 40.0 Å². The number of hydrogen-bond donors (Lipinski definition) is 1. The minimum atomic E-state index is -0.864. The molecule has 0 aliphatic carbocycles. The lowest BCUT2D eigenvalue weighted by Crippen LogP contribution is -2.50. The molecule has 10 nitrogen and oxygen atoms in total. The van der Waals surface area contributed by atoms with Crippen LogP contribution in [0.25, 0.3) is 0 Å². The van der Waals surface area contributed by atoms with E-state index in [1.165, 1.54) is 21.9 Å². The second-order valence-corrected chi connectivity index (χ2v) is 8.97. The fraction of sp³-hybridized carbons (Fsp3) is 0.571. The lowest BCUT2D eigenvalue weighted by Gasteiger charge is -2.30. The molecule has 2 fully saturated rings. The Bertz CT molecular complexity index is 957. The van der Waals surface area contributed by atoms with Crippen LogP contribution in [0.15, 0.2) is 18.2 Å². The number of non-ortho nitro benzene ring substituents is 1. The molecule has 3 rings (SSSR count). The zero-order valence-corrected chi connectivity index (χ0v) is 18.2. The minimum absolute atomic E-state index is 0.0360. The van der Waals surface area contributed by atoms with Crippen molar-refractivity contribution in [1.82, 2.24) is 9.80 Å². The smallest absolute Gasteiger partial charge is 0.411 e. The molecule has 2 aliphatic heterocycles. The van der Waals surface area contributed by atoms with Gasteiger partial charge < -0.3 is 15.0 Å². The lowest BCUT2D eigenvalue weighted by molar-refractivity contribution is -0.385. The molecule has 2 amide bonds. The van der Waals surface area contributed by atoms with Crippen LogP contribution in [0.3, 0.4) is 0 Å². The maximum absolute atomic E-state index is 14.4. The van der Waals surface area contributed by atoms with E-state index >= 15 is 0 Å². The molecule has 0 unspecified atom stereocenters. The van der Waals surface area contributed by atoms with Gasteiger partial charge in [0.1, 0.15) is 17.7 Å². The van der Waals surface area contributed by atoms with E-state index < -0.39 is 40.6 Å². The number of carbonyl (C=O) groups excluding carboxylic acids is 2. The van der Waals surface area contributed by atoms with Gasteiger partial charge >= 0.3 is 6.09 Å². The Hall–Kier alpha value is -3.42. The summed E-state index contributed by atoms with van der Waals surface area (Å²) in [5.74, 6) is -1.14. The zero-order valence-electron chi connectivity index (χ0n) is 18.2. The van der Waals surface area contributed by atoms with E-state index in [4.69, 9.17) is 4.74 Å². The number of amides is 2. The number of hydrogen-bond acceptors (Lipinski definition) is 7. The van der Waals surface area contributed by atoms with Crippen molar-refractivity contribution >= 4 is 23.4 Å². The van der Waals surface area contributed by atoms with E-state index in [-0.39, 0.29) is 30.2 Å². The molecule has 11 heteroatoms. The van der Waals surface area contributed by atoms with Gasteiger partial charge in [-0.1, -0.05) is 0 Å². The van der Waals surface area contributed by atoms with Crippen molar-refractivity contribution in [3.8, 4) is 6.07 Å². The van der Waals surface area contributed by atoms with Crippen LogP contribution >= 0.6 is 0 Å². The highest BCUT2D eigenvalue weighted by Crippen LogP contribution is 2.29. The van der Waals surface area contributed by atoms with Gasteiger partial charge in [-0.25, -0.2) is 9.18 Å². The number of likely N-dealkylation sites (tertiary alicyclic amines) is 2. The quantitative estimate of drug-likeness (QED) is 0.555. The van der Waals surface area contributed by atoms with Gasteiger partial charge in [0.05, 0.1) is 22.7 Å². The van der Waals surface area contributed by atoms with Crippen molar-refractivity contribution in [2.24, 2.45) is 0 Å². The summed E-state index contributed by atoms with van der Waals surface area (Å²) in [5.41, 5.74) is -1.11.